The molecule has 0 aliphatic rings. The topological polar surface area (TPSA) is 27.8 Å². The van der Waals surface area contributed by atoms with Crippen LogP contribution in [0.5, 0.6) is 0 Å². The van der Waals surface area contributed by atoms with E-state index in [9.17, 15) is 0 Å². The highest BCUT2D eigenvalue weighted by Crippen LogP contribution is 2.18. The molecule has 0 radical (unpaired) electrons. The Morgan fingerprint density at radius 1 is 1.18 bits per heavy atom. The lowest BCUT2D eigenvalue weighted by molar-refractivity contribution is 0.494. The van der Waals surface area contributed by atoms with Crippen LogP contribution < -0.4 is 5.32 Å². The van der Waals surface area contributed by atoms with Gasteiger partial charge in [-0.25, -0.2) is 0 Å². The molecule has 0 saturated carbocycles. The molecular formula is C15H20N2. The Bertz CT molecular complexity index is 406. The molecule has 0 fully saturated rings. The Morgan fingerprint density at radius 3 is 2.65 bits per heavy atom. The van der Waals surface area contributed by atoms with E-state index in [0.717, 1.165) is 6.54 Å². The zero-order valence-electron chi connectivity index (χ0n) is 10.3. The van der Waals surface area contributed by atoms with Crippen LogP contribution in [-0.2, 0) is 6.54 Å². The van der Waals surface area contributed by atoms with Gasteiger partial charge >= 0.3 is 0 Å². The SMILES string of the molecule is CCCC(NCc1cc[nH]c1)c1ccccc1. The number of hydrogen-bond donors (Lipinski definition) is 2. The Labute approximate surface area is 103 Å². The van der Waals surface area contributed by atoms with Crippen molar-refractivity contribution in [1.82, 2.24) is 10.3 Å². The van der Waals surface area contributed by atoms with Gasteiger partial charge in [-0.05, 0) is 23.6 Å². The average molecular weight is 228 g/mol. The Kier molecular flexibility index (Phi) is 4.39. The molecule has 0 aliphatic carbocycles. The smallest absolute Gasteiger partial charge is 0.0323 e. The summed E-state index contributed by atoms with van der Waals surface area (Å²) < 4.78 is 0. The second-order valence-corrected chi connectivity index (χ2v) is 4.35. The van der Waals surface area contributed by atoms with E-state index in [1.807, 2.05) is 12.4 Å². The van der Waals surface area contributed by atoms with Crippen molar-refractivity contribution in [3.8, 4) is 0 Å². The van der Waals surface area contributed by atoms with Crippen LogP contribution in [0.3, 0.4) is 0 Å². The summed E-state index contributed by atoms with van der Waals surface area (Å²) in [5.41, 5.74) is 2.69. The molecule has 1 aromatic heterocycles. The maximum Gasteiger partial charge on any atom is 0.0323 e. The highest BCUT2D eigenvalue weighted by molar-refractivity contribution is 5.19. The number of aromatic nitrogens is 1. The molecule has 90 valence electrons. The molecule has 1 heterocycles. The van der Waals surface area contributed by atoms with Gasteiger partial charge in [0, 0.05) is 25.0 Å². The summed E-state index contributed by atoms with van der Waals surface area (Å²) in [5, 5.41) is 3.62. The molecule has 0 bridgehead atoms. The summed E-state index contributed by atoms with van der Waals surface area (Å²) in [5.74, 6) is 0. The summed E-state index contributed by atoms with van der Waals surface area (Å²) in [4.78, 5) is 3.09. The minimum atomic E-state index is 0.455. The molecule has 0 saturated heterocycles. The van der Waals surface area contributed by atoms with E-state index in [0.29, 0.717) is 6.04 Å². The lowest BCUT2D eigenvalue weighted by Gasteiger charge is -2.18. The van der Waals surface area contributed by atoms with Gasteiger partial charge in [-0.15, -0.1) is 0 Å². The summed E-state index contributed by atoms with van der Waals surface area (Å²) in [6.45, 7) is 3.15. The molecule has 1 aromatic carbocycles. The van der Waals surface area contributed by atoms with Gasteiger partial charge in [0.2, 0.25) is 0 Å². The van der Waals surface area contributed by atoms with Gasteiger partial charge in [-0.1, -0.05) is 43.7 Å². The van der Waals surface area contributed by atoms with Crippen LogP contribution in [0.4, 0.5) is 0 Å². The first-order valence-corrected chi connectivity index (χ1v) is 6.30. The van der Waals surface area contributed by atoms with E-state index in [4.69, 9.17) is 0 Å². The van der Waals surface area contributed by atoms with Crippen LogP contribution in [0.1, 0.15) is 36.9 Å². The largest absolute Gasteiger partial charge is 0.367 e. The van der Waals surface area contributed by atoms with Crippen molar-refractivity contribution < 1.29 is 0 Å². The predicted molar refractivity (Wildman–Crippen MR) is 71.7 cm³/mol. The van der Waals surface area contributed by atoms with Crippen molar-refractivity contribution >= 4 is 0 Å². The number of nitrogens with one attached hydrogen (secondary N) is 2. The number of rotatable bonds is 6. The minimum absolute atomic E-state index is 0.455. The molecule has 0 spiro atoms. The molecule has 2 heteroatoms. The predicted octanol–water partition coefficient (Wildman–Crippen LogP) is 3.65. The van der Waals surface area contributed by atoms with Crippen molar-refractivity contribution in [2.45, 2.75) is 32.4 Å². The third kappa shape index (κ3) is 3.46. The first-order valence-electron chi connectivity index (χ1n) is 6.30. The van der Waals surface area contributed by atoms with E-state index < -0.39 is 0 Å². The van der Waals surface area contributed by atoms with Gasteiger partial charge in [0.25, 0.3) is 0 Å². The molecule has 0 amide bonds. The number of aromatic amines is 1. The zero-order chi connectivity index (χ0) is 11.9. The van der Waals surface area contributed by atoms with Crippen molar-refractivity contribution in [3.63, 3.8) is 0 Å². The van der Waals surface area contributed by atoms with Crippen LogP contribution in [-0.4, -0.2) is 4.98 Å². The summed E-state index contributed by atoms with van der Waals surface area (Å²) >= 11 is 0. The number of hydrogen-bond acceptors (Lipinski definition) is 1. The zero-order valence-corrected chi connectivity index (χ0v) is 10.3. The van der Waals surface area contributed by atoms with Gasteiger partial charge in [0.15, 0.2) is 0 Å². The highest BCUT2D eigenvalue weighted by Gasteiger charge is 2.09. The normalized spacial score (nSPS) is 12.5. The lowest BCUT2D eigenvalue weighted by atomic mass is 10.0. The van der Waals surface area contributed by atoms with Crippen LogP contribution in [0, 0.1) is 0 Å². The van der Waals surface area contributed by atoms with Crippen molar-refractivity contribution in [1.29, 1.82) is 0 Å². The average Bonchev–Trinajstić information content (AvgIpc) is 2.88. The Morgan fingerprint density at radius 2 is 2.00 bits per heavy atom. The second-order valence-electron chi connectivity index (χ2n) is 4.35. The van der Waals surface area contributed by atoms with E-state index in [-0.39, 0.29) is 0 Å². The first kappa shape index (κ1) is 11.9. The maximum atomic E-state index is 3.62. The Hall–Kier alpha value is -1.54. The minimum Gasteiger partial charge on any atom is -0.367 e. The number of H-pyrrole nitrogens is 1. The first-order chi connectivity index (χ1) is 8.40. The van der Waals surface area contributed by atoms with Gasteiger partial charge in [0.05, 0.1) is 0 Å². The third-order valence-electron chi connectivity index (χ3n) is 2.99. The fourth-order valence-electron chi connectivity index (χ4n) is 2.07. The standard InChI is InChI=1S/C15H20N2/c1-2-6-15(14-7-4-3-5-8-14)17-12-13-9-10-16-11-13/h3-5,7-11,15-17H,2,6,12H2,1H3. The van der Waals surface area contributed by atoms with Crippen LogP contribution in [0.15, 0.2) is 48.8 Å². The van der Waals surface area contributed by atoms with Crippen molar-refractivity contribution in [2.75, 3.05) is 0 Å². The van der Waals surface area contributed by atoms with E-state index >= 15 is 0 Å². The molecule has 1 atom stereocenters. The van der Waals surface area contributed by atoms with E-state index in [1.165, 1.54) is 24.0 Å². The molecule has 2 N–H and O–H groups in total. The number of benzene rings is 1. The summed E-state index contributed by atoms with van der Waals surface area (Å²) in [6, 6.07) is 13.2. The molecule has 1 unspecified atom stereocenters. The monoisotopic (exact) mass is 228 g/mol. The highest BCUT2D eigenvalue weighted by atomic mass is 14.9. The maximum absolute atomic E-state index is 3.62. The molecule has 0 aliphatic heterocycles. The van der Waals surface area contributed by atoms with Crippen molar-refractivity contribution in [2.24, 2.45) is 0 Å². The molecular weight excluding hydrogens is 208 g/mol. The van der Waals surface area contributed by atoms with Crippen LogP contribution >= 0.6 is 0 Å². The molecule has 17 heavy (non-hydrogen) atoms. The van der Waals surface area contributed by atoms with E-state index in [2.05, 4.69) is 53.6 Å². The molecule has 2 nitrogen and oxygen atoms in total. The quantitative estimate of drug-likeness (QED) is 0.776. The fourth-order valence-corrected chi connectivity index (χ4v) is 2.07. The van der Waals surface area contributed by atoms with E-state index in [1.54, 1.807) is 0 Å². The third-order valence-corrected chi connectivity index (χ3v) is 2.99. The second kappa shape index (κ2) is 6.26. The van der Waals surface area contributed by atoms with Gasteiger partial charge in [0.1, 0.15) is 0 Å². The van der Waals surface area contributed by atoms with Gasteiger partial charge in [-0.3, -0.25) is 0 Å². The Balaban J connectivity index is 1.98. The summed E-state index contributed by atoms with van der Waals surface area (Å²) in [6.07, 6.45) is 6.38. The van der Waals surface area contributed by atoms with Crippen molar-refractivity contribution in [3.05, 3.63) is 59.9 Å². The lowest BCUT2D eigenvalue weighted by Crippen LogP contribution is -2.20. The van der Waals surface area contributed by atoms with Gasteiger partial charge < -0.3 is 10.3 Å². The van der Waals surface area contributed by atoms with Crippen LogP contribution in [0.2, 0.25) is 0 Å². The van der Waals surface area contributed by atoms with Gasteiger partial charge in [-0.2, -0.15) is 0 Å². The van der Waals surface area contributed by atoms with Crippen LogP contribution in [0.25, 0.3) is 0 Å². The molecule has 2 rings (SSSR count). The molecule has 2 aromatic rings. The fraction of sp³-hybridized carbons (Fsp3) is 0.333. The summed E-state index contributed by atoms with van der Waals surface area (Å²) in [7, 11) is 0.